The number of rotatable bonds is 4. The predicted molar refractivity (Wildman–Crippen MR) is 90.9 cm³/mol. The molecule has 20 heavy (non-hydrogen) atoms. The van der Waals surface area contributed by atoms with Crippen LogP contribution in [0.1, 0.15) is 40.2 Å². The van der Waals surface area contributed by atoms with Crippen LogP contribution in [0.4, 0.5) is 0 Å². The molecule has 0 radical (unpaired) electrons. The van der Waals surface area contributed by atoms with Crippen molar-refractivity contribution >= 4 is 21.7 Å². The van der Waals surface area contributed by atoms with Crippen LogP contribution in [0.2, 0.25) is 0 Å². The van der Waals surface area contributed by atoms with Gasteiger partial charge < -0.3 is 5.11 Å². The zero-order valence-corrected chi connectivity index (χ0v) is 13.9. The first kappa shape index (κ1) is 15.2. The van der Waals surface area contributed by atoms with Crippen molar-refractivity contribution in [3.8, 4) is 5.75 Å². The standard InChI is InChI=1S/C18H24OS/c1-6-14-7-10-18(20(12(2)3)13(4)5)17-11-15(19)8-9-16(14)17/h7-13H,6H2,1-5H3/p+1. The van der Waals surface area contributed by atoms with Crippen LogP contribution in [0.25, 0.3) is 10.8 Å². The maximum Gasteiger partial charge on any atom is 0.163 e. The highest BCUT2D eigenvalue weighted by Crippen LogP contribution is 2.34. The third-order valence-corrected chi connectivity index (χ3v) is 6.60. The number of aromatic hydroxyl groups is 1. The van der Waals surface area contributed by atoms with Crippen molar-refractivity contribution in [2.75, 3.05) is 0 Å². The molecular weight excluding hydrogens is 264 g/mol. The lowest BCUT2D eigenvalue weighted by atomic mass is 10.0. The Bertz CT molecular complexity index is 594. The summed E-state index contributed by atoms with van der Waals surface area (Å²) in [5, 5.41) is 13.6. The van der Waals surface area contributed by atoms with Gasteiger partial charge in [-0.25, -0.2) is 0 Å². The topological polar surface area (TPSA) is 20.2 Å². The summed E-state index contributed by atoms with van der Waals surface area (Å²) < 4.78 is 0. The molecule has 0 saturated heterocycles. The summed E-state index contributed by atoms with van der Waals surface area (Å²) in [6.07, 6.45) is 1.03. The maximum absolute atomic E-state index is 9.88. The van der Waals surface area contributed by atoms with Gasteiger partial charge >= 0.3 is 0 Å². The SMILES string of the molecule is CCc1ccc([S+](C(C)C)C(C)C)c2cc(O)ccc12. The highest BCUT2D eigenvalue weighted by atomic mass is 32.2. The van der Waals surface area contributed by atoms with E-state index in [0.717, 1.165) is 6.42 Å². The van der Waals surface area contributed by atoms with Crippen LogP contribution in [-0.4, -0.2) is 15.6 Å². The van der Waals surface area contributed by atoms with E-state index in [1.165, 1.54) is 21.2 Å². The molecule has 0 spiro atoms. The first-order chi connectivity index (χ1) is 9.45. The van der Waals surface area contributed by atoms with E-state index >= 15 is 0 Å². The smallest absolute Gasteiger partial charge is 0.163 e. The molecule has 0 atom stereocenters. The molecule has 0 aromatic heterocycles. The molecule has 0 aliphatic rings. The average molecular weight is 289 g/mol. The van der Waals surface area contributed by atoms with Crippen LogP contribution in [0, 0.1) is 0 Å². The van der Waals surface area contributed by atoms with E-state index in [1.54, 1.807) is 6.07 Å². The van der Waals surface area contributed by atoms with Gasteiger partial charge in [0.15, 0.2) is 4.90 Å². The number of fused-ring (bicyclic) bond motifs is 1. The second-order valence-corrected chi connectivity index (χ2v) is 8.84. The van der Waals surface area contributed by atoms with Gasteiger partial charge in [0.1, 0.15) is 16.2 Å². The molecule has 0 fully saturated rings. The fourth-order valence-corrected chi connectivity index (χ4v) is 5.69. The summed E-state index contributed by atoms with van der Waals surface area (Å²) in [5.74, 6) is 0.364. The van der Waals surface area contributed by atoms with Gasteiger partial charge in [-0.3, -0.25) is 0 Å². The first-order valence-corrected chi connectivity index (χ1v) is 8.77. The summed E-state index contributed by atoms with van der Waals surface area (Å²) >= 11 is 0. The summed E-state index contributed by atoms with van der Waals surface area (Å²) in [5.41, 5.74) is 1.36. The normalized spacial score (nSPS) is 12.0. The van der Waals surface area contributed by atoms with Gasteiger partial charge in [0.2, 0.25) is 0 Å². The summed E-state index contributed by atoms with van der Waals surface area (Å²) in [6, 6.07) is 10.3. The van der Waals surface area contributed by atoms with Crippen LogP contribution < -0.4 is 0 Å². The molecule has 1 N–H and O–H groups in total. The van der Waals surface area contributed by atoms with Crippen molar-refractivity contribution < 1.29 is 5.11 Å². The first-order valence-electron chi connectivity index (χ1n) is 7.42. The van der Waals surface area contributed by atoms with E-state index in [-0.39, 0.29) is 10.9 Å². The lowest BCUT2D eigenvalue weighted by Gasteiger charge is -2.18. The minimum atomic E-state index is 0.204. The second-order valence-electron chi connectivity index (χ2n) is 5.78. The van der Waals surface area contributed by atoms with E-state index in [1.807, 2.05) is 6.07 Å². The molecule has 2 aromatic carbocycles. The molecular formula is C18H25OS+. The Balaban J connectivity index is 2.73. The van der Waals surface area contributed by atoms with Crippen molar-refractivity contribution in [1.82, 2.24) is 0 Å². The fraction of sp³-hybridized carbons (Fsp3) is 0.444. The summed E-state index contributed by atoms with van der Waals surface area (Å²) in [7, 11) is 0.204. The minimum Gasteiger partial charge on any atom is -0.508 e. The molecule has 0 bridgehead atoms. The molecule has 2 rings (SSSR count). The van der Waals surface area contributed by atoms with Crippen molar-refractivity contribution in [3.63, 3.8) is 0 Å². The highest BCUT2D eigenvalue weighted by Gasteiger charge is 2.31. The van der Waals surface area contributed by atoms with E-state index < -0.39 is 0 Å². The molecule has 0 amide bonds. The van der Waals surface area contributed by atoms with E-state index in [4.69, 9.17) is 0 Å². The second kappa shape index (κ2) is 6.09. The van der Waals surface area contributed by atoms with E-state index in [0.29, 0.717) is 16.2 Å². The quantitative estimate of drug-likeness (QED) is 0.794. The molecule has 1 nitrogen and oxygen atoms in total. The maximum atomic E-state index is 9.88. The molecule has 0 aliphatic heterocycles. The van der Waals surface area contributed by atoms with Gasteiger partial charge in [-0.2, -0.15) is 0 Å². The van der Waals surface area contributed by atoms with Gasteiger partial charge in [0.25, 0.3) is 0 Å². The molecule has 0 aliphatic carbocycles. The fourth-order valence-electron chi connectivity index (χ4n) is 2.94. The number of benzene rings is 2. The van der Waals surface area contributed by atoms with Crippen LogP contribution in [0.5, 0.6) is 5.75 Å². The Labute approximate surface area is 125 Å². The molecule has 2 aromatic rings. The number of phenols is 1. The van der Waals surface area contributed by atoms with Gasteiger partial charge in [0, 0.05) is 16.3 Å². The number of hydrogen-bond donors (Lipinski definition) is 1. The van der Waals surface area contributed by atoms with Gasteiger partial charge in [0.05, 0.1) is 0 Å². The van der Waals surface area contributed by atoms with E-state index in [2.05, 4.69) is 52.8 Å². The van der Waals surface area contributed by atoms with E-state index in [9.17, 15) is 5.11 Å². The lowest BCUT2D eigenvalue weighted by molar-refractivity contribution is 0.476. The number of hydrogen-bond acceptors (Lipinski definition) is 1. The molecule has 2 heteroatoms. The highest BCUT2D eigenvalue weighted by molar-refractivity contribution is 7.98. The molecule has 0 heterocycles. The van der Waals surface area contributed by atoms with Gasteiger partial charge in [-0.1, -0.05) is 19.1 Å². The Morgan fingerprint density at radius 2 is 1.60 bits per heavy atom. The Morgan fingerprint density at radius 3 is 2.15 bits per heavy atom. The summed E-state index contributed by atoms with van der Waals surface area (Å²) in [4.78, 5) is 1.40. The van der Waals surface area contributed by atoms with Gasteiger partial charge in [-0.05, 0) is 63.3 Å². The Hall–Kier alpha value is -1.15. The lowest BCUT2D eigenvalue weighted by Crippen LogP contribution is -2.24. The van der Waals surface area contributed by atoms with Crippen LogP contribution >= 0.6 is 0 Å². The third kappa shape index (κ3) is 2.80. The zero-order valence-electron chi connectivity index (χ0n) is 13.1. The van der Waals surface area contributed by atoms with Crippen molar-refractivity contribution in [2.45, 2.75) is 56.4 Å². The molecule has 0 saturated carbocycles. The average Bonchev–Trinajstić information content (AvgIpc) is 2.38. The third-order valence-electron chi connectivity index (χ3n) is 3.70. The van der Waals surface area contributed by atoms with Crippen LogP contribution in [0.3, 0.4) is 0 Å². The van der Waals surface area contributed by atoms with Crippen molar-refractivity contribution in [3.05, 3.63) is 35.9 Å². The van der Waals surface area contributed by atoms with Gasteiger partial charge in [-0.15, -0.1) is 0 Å². The Morgan fingerprint density at radius 1 is 0.950 bits per heavy atom. The molecule has 0 unspecified atom stereocenters. The number of phenolic OH excluding ortho intramolecular Hbond substituents is 1. The van der Waals surface area contributed by atoms with Crippen molar-refractivity contribution in [2.24, 2.45) is 0 Å². The van der Waals surface area contributed by atoms with Crippen LogP contribution in [-0.2, 0) is 17.3 Å². The van der Waals surface area contributed by atoms with Crippen LogP contribution in [0.15, 0.2) is 35.2 Å². The Kier molecular flexibility index (Phi) is 4.64. The van der Waals surface area contributed by atoms with Crippen molar-refractivity contribution in [1.29, 1.82) is 0 Å². The zero-order chi connectivity index (χ0) is 14.9. The molecule has 108 valence electrons. The summed E-state index contributed by atoms with van der Waals surface area (Å²) in [6.45, 7) is 11.4. The predicted octanol–water partition coefficient (Wildman–Crippen LogP) is 4.90. The number of aryl methyl sites for hydroxylation is 1. The minimum absolute atomic E-state index is 0.204. The largest absolute Gasteiger partial charge is 0.508 e. The monoisotopic (exact) mass is 289 g/mol.